The zero-order chi connectivity index (χ0) is 24.3. The Labute approximate surface area is 197 Å². The van der Waals surface area contributed by atoms with Crippen molar-refractivity contribution in [3.05, 3.63) is 0 Å². The van der Waals surface area contributed by atoms with Crippen LogP contribution >= 0.6 is 0 Å². The highest BCUT2D eigenvalue weighted by atomic mass is 16.7. The molecule has 2 heterocycles. The lowest BCUT2D eigenvalue weighted by molar-refractivity contribution is -0.337. The SMILES string of the molecule is N#C[C@@H]1CCCN1C(=O)CNC12CC3CC(C1)CC(OC1OC(C(=O)O)C(O)C(O)C1O)(C3)C2. The molecule has 11 nitrogen and oxygen atoms in total. The van der Waals surface area contributed by atoms with Crippen molar-refractivity contribution in [1.82, 2.24) is 10.2 Å². The van der Waals surface area contributed by atoms with Gasteiger partial charge in [0.05, 0.1) is 18.2 Å². The maximum atomic E-state index is 12.8. The van der Waals surface area contributed by atoms with E-state index in [1.807, 2.05) is 0 Å². The number of nitriles is 1. The van der Waals surface area contributed by atoms with Crippen LogP contribution in [0.15, 0.2) is 0 Å². The van der Waals surface area contributed by atoms with Crippen LogP contribution in [0, 0.1) is 23.2 Å². The largest absolute Gasteiger partial charge is 0.479 e. The minimum atomic E-state index is -1.76. The van der Waals surface area contributed by atoms with Crippen molar-refractivity contribution in [2.45, 2.75) is 99.3 Å². The van der Waals surface area contributed by atoms with Gasteiger partial charge in [-0.1, -0.05) is 0 Å². The Hall–Kier alpha value is -1.81. The number of carbonyl (C=O) groups is 2. The van der Waals surface area contributed by atoms with Gasteiger partial charge in [-0.25, -0.2) is 4.79 Å². The van der Waals surface area contributed by atoms with Gasteiger partial charge in [-0.2, -0.15) is 5.26 Å². The Morgan fingerprint density at radius 2 is 1.82 bits per heavy atom. The molecule has 8 atom stereocenters. The third-order valence-electron chi connectivity index (χ3n) is 8.52. The van der Waals surface area contributed by atoms with Gasteiger partial charge >= 0.3 is 5.97 Å². The summed E-state index contributed by atoms with van der Waals surface area (Å²) < 4.78 is 11.7. The average molecular weight is 480 g/mol. The van der Waals surface area contributed by atoms with Gasteiger partial charge in [-0.05, 0) is 63.2 Å². The standard InChI is InChI=1S/C23H33N3O8/c24-9-14-2-1-3-26(14)15(27)10-25-22-5-12-4-13(6-22)8-23(7-12,11-22)34-21-18(30)16(28)17(29)19(33-21)20(31)32/h12-14,16-19,21,25,28-30H,1-8,10-11H2,(H,31,32)/t12?,13?,14-,16?,17?,18?,19?,21?,22?,23?/m0/s1. The predicted molar refractivity (Wildman–Crippen MR) is 114 cm³/mol. The lowest BCUT2D eigenvalue weighted by Gasteiger charge is -2.62. The van der Waals surface area contributed by atoms with Crippen molar-refractivity contribution in [3.63, 3.8) is 0 Å². The van der Waals surface area contributed by atoms with Crippen molar-refractivity contribution in [2.75, 3.05) is 13.1 Å². The molecule has 6 aliphatic rings. The molecule has 34 heavy (non-hydrogen) atoms. The number of likely N-dealkylation sites (tertiary alicyclic amines) is 1. The lowest BCUT2D eigenvalue weighted by Crippen LogP contribution is -2.68. The van der Waals surface area contributed by atoms with E-state index in [0.717, 1.165) is 38.5 Å². The molecular weight excluding hydrogens is 446 g/mol. The molecule has 7 unspecified atom stereocenters. The Balaban J connectivity index is 1.29. The summed E-state index contributed by atoms with van der Waals surface area (Å²) in [4.78, 5) is 26.0. The summed E-state index contributed by atoms with van der Waals surface area (Å²) in [6.07, 6.45) is -1.70. The average Bonchev–Trinajstić information content (AvgIpc) is 3.26. The molecule has 1 amide bonds. The van der Waals surface area contributed by atoms with E-state index >= 15 is 0 Å². The van der Waals surface area contributed by atoms with Crippen molar-refractivity contribution in [1.29, 1.82) is 5.26 Å². The molecule has 0 spiro atoms. The normalized spacial score (nSPS) is 47.5. The third-order valence-corrected chi connectivity index (χ3v) is 8.52. The molecule has 2 aliphatic heterocycles. The zero-order valence-electron chi connectivity index (χ0n) is 19.0. The van der Waals surface area contributed by atoms with Gasteiger partial charge in [0.1, 0.15) is 24.4 Å². The number of hydrogen-bond donors (Lipinski definition) is 5. The first-order chi connectivity index (χ1) is 16.1. The van der Waals surface area contributed by atoms with Crippen molar-refractivity contribution in [2.24, 2.45) is 11.8 Å². The third kappa shape index (κ3) is 4.10. The van der Waals surface area contributed by atoms with Gasteiger partial charge in [0, 0.05) is 12.1 Å². The molecule has 6 fully saturated rings. The molecule has 0 aromatic rings. The maximum Gasteiger partial charge on any atom is 0.335 e. The van der Waals surface area contributed by atoms with Crippen LogP contribution in [-0.4, -0.2) is 98.2 Å². The molecule has 6 rings (SSSR count). The first-order valence-corrected chi connectivity index (χ1v) is 12.2. The van der Waals surface area contributed by atoms with Crippen LogP contribution in [-0.2, 0) is 19.1 Å². The van der Waals surface area contributed by atoms with E-state index in [4.69, 9.17) is 9.47 Å². The molecule has 4 aliphatic carbocycles. The second kappa shape index (κ2) is 8.69. The topological polar surface area (TPSA) is 173 Å². The number of rotatable bonds is 6. The lowest BCUT2D eigenvalue weighted by atomic mass is 9.51. The highest BCUT2D eigenvalue weighted by Gasteiger charge is 2.60. The van der Waals surface area contributed by atoms with Gasteiger partial charge in [-0.3, -0.25) is 4.79 Å². The van der Waals surface area contributed by atoms with Crippen LogP contribution in [0.1, 0.15) is 51.4 Å². The van der Waals surface area contributed by atoms with Gasteiger partial charge in [-0.15, -0.1) is 0 Å². The number of aliphatic hydroxyl groups is 3. The van der Waals surface area contributed by atoms with E-state index in [9.17, 15) is 35.3 Å². The fourth-order valence-electron chi connectivity index (χ4n) is 7.48. The highest BCUT2D eigenvalue weighted by molar-refractivity contribution is 5.79. The van der Waals surface area contributed by atoms with Crippen molar-refractivity contribution >= 4 is 11.9 Å². The molecule has 0 aromatic carbocycles. The molecule has 4 bridgehead atoms. The predicted octanol–water partition coefficient (Wildman–Crippen LogP) is -0.909. The van der Waals surface area contributed by atoms with Crippen LogP contribution in [0.2, 0.25) is 0 Å². The summed E-state index contributed by atoms with van der Waals surface area (Å²) in [7, 11) is 0. The summed E-state index contributed by atoms with van der Waals surface area (Å²) in [5.74, 6) is -0.808. The molecular formula is C23H33N3O8. The highest BCUT2D eigenvalue weighted by Crippen LogP contribution is 2.59. The quantitative estimate of drug-likeness (QED) is 0.321. The van der Waals surface area contributed by atoms with Gasteiger partial charge in [0.2, 0.25) is 5.91 Å². The summed E-state index contributed by atoms with van der Waals surface area (Å²) >= 11 is 0. The van der Waals surface area contributed by atoms with E-state index in [1.54, 1.807) is 4.90 Å². The number of ether oxygens (including phenoxy) is 2. The van der Waals surface area contributed by atoms with E-state index in [1.165, 1.54) is 0 Å². The number of carbonyl (C=O) groups excluding carboxylic acids is 1. The minimum absolute atomic E-state index is 0.0813. The van der Waals surface area contributed by atoms with Crippen LogP contribution in [0.4, 0.5) is 0 Å². The molecule has 0 radical (unpaired) electrons. The molecule has 5 N–H and O–H groups in total. The summed E-state index contributed by atoms with van der Waals surface area (Å²) in [6, 6.07) is 1.84. The maximum absolute atomic E-state index is 12.8. The van der Waals surface area contributed by atoms with Gasteiger partial charge < -0.3 is 40.1 Å². The first-order valence-electron chi connectivity index (χ1n) is 12.2. The second-order valence-corrected chi connectivity index (χ2v) is 11.0. The second-order valence-electron chi connectivity index (χ2n) is 11.0. The summed E-state index contributed by atoms with van der Waals surface area (Å²) in [6.45, 7) is 0.738. The van der Waals surface area contributed by atoms with Crippen LogP contribution in [0.3, 0.4) is 0 Å². The summed E-state index contributed by atoms with van der Waals surface area (Å²) in [5.41, 5.74) is -1.01. The molecule has 4 saturated carbocycles. The van der Waals surface area contributed by atoms with Gasteiger partial charge in [0.25, 0.3) is 0 Å². The number of hydrogen-bond acceptors (Lipinski definition) is 9. The van der Waals surface area contributed by atoms with Crippen LogP contribution in [0.5, 0.6) is 0 Å². The Kier molecular flexibility index (Phi) is 6.11. The number of nitrogens with one attached hydrogen (secondary N) is 1. The first kappa shape index (κ1) is 23.9. The number of aliphatic carboxylic acids is 1. The fraction of sp³-hybridized carbons (Fsp3) is 0.870. The van der Waals surface area contributed by atoms with E-state index in [0.29, 0.717) is 31.2 Å². The van der Waals surface area contributed by atoms with Crippen molar-refractivity contribution < 1.29 is 39.5 Å². The monoisotopic (exact) mass is 479 g/mol. The van der Waals surface area contributed by atoms with Crippen molar-refractivity contribution in [3.8, 4) is 6.07 Å². The van der Waals surface area contributed by atoms with Gasteiger partial charge in [0.15, 0.2) is 12.4 Å². The number of carboxylic acid groups (broad SMARTS) is 1. The number of amides is 1. The van der Waals surface area contributed by atoms with Crippen LogP contribution < -0.4 is 5.32 Å². The van der Waals surface area contributed by atoms with E-state index in [-0.39, 0.29) is 24.0 Å². The minimum Gasteiger partial charge on any atom is -0.479 e. The Bertz CT molecular complexity index is 863. The van der Waals surface area contributed by atoms with E-state index < -0.39 is 42.3 Å². The molecule has 0 aromatic heterocycles. The van der Waals surface area contributed by atoms with Crippen LogP contribution in [0.25, 0.3) is 0 Å². The Morgan fingerprint density at radius 3 is 2.47 bits per heavy atom. The van der Waals surface area contributed by atoms with E-state index in [2.05, 4.69) is 11.4 Å². The number of carboxylic acids is 1. The Morgan fingerprint density at radius 1 is 1.12 bits per heavy atom. The molecule has 188 valence electrons. The molecule has 2 saturated heterocycles. The number of aliphatic hydroxyl groups excluding tert-OH is 3. The smallest absolute Gasteiger partial charge is 0.335 e. The zero-order valence-corrected chi connectivity index (χ0v) is 19.0. The number of nitrogens with zero attached hydrogens (tertiary/aromatic N) is 2. The molecule has 11 heteroatoms. The fourth-order valence-corrected chi connectivity index (χ4v) is 7.48. The summed E-state index contributed by atoms with van der Waals surface area (Å²) in [5, 5.41) is 52.8.